The summed E-state index contributed by atoms with van der Waals surface area (Å²) >= 11 is 0. The van der Waals surface area contributed by atoms with Crippen molar-refractivity contribution in [3.8, 4) is 0 Å². The van der Waals surface area contributed by atoms with E-state index in [1.807, 2.05) is 0 Å². The van der Waals surface area contributed by atoms with Crippen molar-refractivity contribution in [2.45, 2.75) is 322 Å². The Balaban J connectivity index is 4.96. The lowest BCUT2D eigenvalue weighted by atomic mass is 10.0. The van der Waals surface area contributed by atoms with Crippen molar-refractivity contribution in [1.29, 1.82) is 0 Å². The molecule has 0 spiro atoms. The van der Waals surface area contributed by atoms with E-state index in [4.69, 9.17) is 21.1 Å². The molecule has 0 radical (unpaired) electrons. The van der Waals surface area contributed by atoms with Gasteiger partial charge in [-0.15, -0.1) is 0 Å². The summed E-state index contributed by atoms with van der Waals surface area (Å²) in [4.78, 5) is 39.1. The van der Waals surface area contributed by atoms with Crippen LogP contribution in [0.5, 0.6) is 0 Å². The van der Waals surface area contributed by atoms with Crippen LogP contribution in [0, 0.1) is 0 Å². The number of allylic oxidation sites excluding steroid dienone is 2. The van der Waals surface area contributed by atoms with Gasteiger partial charge < -0.3 is 14.2 Å². The summed E-state index contributed by atoms with van der Waals surface area (Å²) < 4.78 is 59.0. The molecule has 0 saturated carbocycles. The van der Waals surface area contributed by atoms with Gasteiger partial charge in [-0.1, -0.05) is 264 Å². The van der Waals surface area contributed by atoms with Gasteiger partial charge in [-0.05, 0) is 44.9 Å². The van der Waals surface area contributed by atoms with Gasteiger partial charge in [0.2, 0.25) is 0 Å². The molecule has 0 aromatic rings. The second kappa shape index (κ2) is 52.8. The van der Waals surface area contributed by atoms with E-state index in [1.54, 1.807) is 0 Å². The molecule has 6 nitrogen and oxygen atoms in total. The third-order valence-electron chi connectivity index (χ3n) is 12.3. The topological polar surface area (TPSA) is 78.9 Å². The number of carbonyl (C=O) groups excluding carboxylic acids is 3. The summed E-state index contributed by atoms with van der Waals surface area (Å²) in [6.45, 7) is -0.172. The molecule has 0 fully saturated rings. The van der Waals surface area contributed by atoms with Gasteiger partial charge in [0, 0.05) is 19.3 Å². The van der Waals surface area contributed by atoms with E-state index in [1.165, 1.54) is 167 Å². The Labute approximate surface area is 399 Å². The third kappa shape index (κ3) is 51.0. The smallest absolute Gasteiger partial charge is 0.306 e. The van der Waals surface area contributed by atoms with E-state index in [2.05, 4.69) is 32.9 Å². The van der Waals surface area contributed by atoms with Gasteiger partial charge in [0.05, 0.1) is 6.85 Å². The fraction of sp³-hybridized carbons (Fsp3) is 0.912. The number of esters is 3. The number of hydrogen-bond donors (Lipinski definition) is 0. The van der Waals surface area contributed by atoms with E-state index in [-0.39, 0.29) is 19.3 Å². The van der Waals surface area contributed by atoms with Gasteiger partial charge in [0.25, 0.3) is 0 Å². The molecule has 6 heteroatoms. The maximum atomic E-state index is 13.2. The molecule has 0 amide bonds. The highest BCUT2D eigenvalue weighted by Crippen LogP contribution is 2.17. The van der Waals surface area contributed by atoms with Gasteiger partial charge in [0.15, 0.2) is 6.08 Å². The molecule has 0 aromatic carbocycles. The maximum Gasteiger partial charge on any atom is 0.306 e. The molecule has 0 aliphatic carbocycles. The summed E-state index contributed by atoms with van der Waals surface area (Å²) in [5, 5.41) is 0. The number of rotatable bonds is 52. The van der Waals surface area contributed by atoms with Crippen molar-refractivity contribution in [2.24, 2.45) is 0 Å². The van der Waals surface area contributed by atoms with Gasteiger partial charge in [-0.25, -0.2) is 0 Å². The first-order valence-electron chi connectivity index (χ1n) is 30.2. The summed E-state index contributed by atoms with van der Waals surface area (Å²) in [6, 6.07) is 0. The lowest BCUT2D eigenvalue weighted by molar-refractivity contribution is -0.167. The normalized spacial score (nSPS) is 14.1. The lowest BCUT2D eigenvalue weighted by Gasteiger charge is -2.18. The fourth-order valence-electron chi connectivity index (χ4n) is 8.16. The quantitative estimate of drug-likeness (QED) is 0.0262. The molecule has 1 atom stereocenters. The molecule has 63 heavy (non-hydrogen) atoms. The van der Waals surface area contributed by atoms with Crippen LogP contribution in [0.3, 0.4) is 0 Å². The summed E-state index contributed by atoms with van der Waals surface area (Å²) in [6.07, 6.45) is 49.3. The molecule has 0 rings (SSSR count). The van der Waals surface area contributed by atoms with E-state index >= 15 is 0 Å². The fourth-order valence-corrected chi connectivity index (χ4v) is 8.16. The molecule has 0 bridgehead atoms. The second-order valence-corrected chi connectivity index (χ2v) is 18.7. The van der Waals surface area contributed by atoms with Crippen molar-refractivity contribution in [2.75, 3.05) is 13.1 Å². The molecule has 0 aliphatic heterocycles. The molecule has 0 aromatic heterocycles. The van der Waals surface area contributed by atoms with Crippen LogP contribution in [0.2, 0.25) is 0 Å². The first kappa shape index (κ1) is 52.1. The molecule has 372 valence electrons. The van der Waals surface area contributed by atoms with Crippen molar-refractivity contribution in [3.63, 3.8) is 0 Å². The van der Waals surface area contributed by atoms with Crippen LogP contribution in [0.25, 0.3) is 0 Å². The van der Waals surface area contributed by atoms with Gasteiger partial charge in [0.1, 0.15) is 13.1 Å². The Morgan fingerprint density at radius 2 is 0.571 bits per heavy atom. The largest absolute Gasteiger partial charge is 0.462 e. The van der Waals surface area contributed by atoms with Crippen molar-refractivity contribution < 1.29 is 35.4 Å². The van der Waals surface area contributed by atoms with Crippen LogP contribution in [0.15, 0.2) is 12.2 Å². The Hall–Kier alpha value is -1.85. The highest BCUT2D eigenvalue weighted by molar-refractivity contribution is 5.71. The maximum absolute atomic E-state index is 13.2. The zero-order valence-corrected chi connectivity index (χ0v) is 42.1. The number of carbonyl (C=O) groups is 3. The summed E-state index contributed by atoms with van der Waals surface area (Å²) in [5.41, 5.74) is 0. The van der Waals surface area contributed by atoms with E-state index in [0.29, 0.717) is 19.3 Å². The van der Waals surface area contributed by atoms with Crippen molar-refractivity contribution >= 4 is 17.9 Å². The van der Waals surface area contributed by atoms with Crippen LogP contribution in [-0.2, 0) is 28.6 Å². The van der Waals surface area contributed by atoms with E-state index in [9.17, 15) is 14.4 Å². The van der Waals surface area contributed by atoms with Crippen LogP contribution in [0.1, 0.15) is 323 Å². The molecular formula is C57H108O6. The predicted octanol–water partition coefficient (Wildman–Crippen LogP) is 18.5. The van der Waals surface area contributed by atoms with Crippen LogP contribution >= 0.6 is 0 Å². The minimum Gasteiger partial charge on any atom is -0.462 e. The molecule has 0 saturated heterocycles. The highest BCUT2D eigenvalue weighted by Gasteiger charge is 2.19. The zero-order chi connectivity index (χ0) is 50.3. The number of ether oxygens (including phenoxy) is 3. The minimum absolute atomic E-state index is 0.126. The van der Waals surface area contributed by atoms with Gasteiger partial charge in [-0.2, -0.15) is 0 Å². The Morgan fingerprint density at radius 1 is 0.349 bits per heavy atom. The molecular weight excluding hydrogens is 781 g/mol. The van der Waals surface area contributed by atoms with Gasteiger partial charge in [-0.3, -0.25) is 14.4 Å². The lowest BCUT2D eigenvalue weighted by Crippen LogP contribution is -2.30. The Morgan fingerprint density at radius 3 is 0.841 bits per heavy atom. The van der Waals surface area contributed by atoms with Crippen LogP contribution in [-0.4, -0.2) is 37.1 Å². The highest BCUT2D eigenvalue weighted by atomic mass is 16.6. The second-order valence-electron chi connectivity index (χ2n) is 18.7. The standard InChI is InChI=1S/C57H108O6/c1-4-7-10-13-16-19-22-25-28-31-34-37-40-43-46-49-55(58)61-52-54(63-57(60)51-48-45-42-39-36-33-30-27-24-21-18-15-12-9-6-3)53-62-56(59)50-47-44-41-38-35-32-29-26-23-20-17-14-11-8-5-2/h25,28,54H,4-24,26-27,29-53H2,1-3H3/b28-25-/t54-/m1/s1/i52D2,53D2,54D. The van der Waals surface area contributed by atoms with E-state index in [0.717, 1.165) is 89.9 Å². The third-order valence-corrected chi connectivity index (χ3v) is 12.3. The average molecular weight is 895 g/mol. The molecule has 0 heterocycles. The van der Waals surface area contributed by atoms with Crippen molar-refractivity contribution in [1.82, 2.24) is 0 Å². The summed E-state index contributed by atoms with van der Waals surface area (Å²) in [5.74, 6) is -2.94. The van der Waals surface area contributed by atoms with E-state index < -0.39 is 37.1 Å². The van der Waals surface area contributed by atoms with Crippen LogP contribution < -0.4 is 0 Å². The SMILES string of the molecule is [2H]C([2H])(OC(=O)CCCCCCC/C=C\CCCCCCCC)[C@@]([2H])(OC(=O)CCCCCCCCCCCCCCCCC)C([2H])([2H])OC(=O)CCCCCCCCCCCCCCCCC. The Kier molecular flexibility index (Phi) is 43.7. The molecule has 0 N–H and O–H groups in total. The first-order valence-corrected chi connectivity index (χ1v) is 27.7. The first-order chi connectivity index (χ1) is 32.9. The minimum atomic E-state index is -3.49. The Bertz CT molecular complexity index is 1200. The van der Waals surface area contributed by atoms with Crippen molar-refractivity contribution in [3.05, 3.63) is 12.2 Å². The zero-order valence-electron chi connectivity index (χ0n) is 47.1. The number of unbranched alkanes of at least 4 members (excludes halogenated alkanes) is 39. The predicted molar refractivity (Wildman–Crippen MR) is 270 cm³/mol. The monoisotopic (exact) mass is 894 g/mol. The molecule has 0 aliphatic rings. The number of hydrogen-bond acceptors (Lipinski definition) is 6. The average Bonchev–Trinajstić information content (AvgIpc) is 3.29. The summed E-state index contributed by atoms with van der Waals surface area (Å²) in [7, 11) is 0. The molecule has 0 unspecified atom stereocenters. The van der Waals surface area contributed by atoms with Gasteiger partial charge >= 0.3 is 17.9 Å². The van der Waals surface area contributed by atoms with Crippen LogP contribution in [0.4, 0.5) is 0 Å².